The molecule has 1 unspecified atom stereocenters. The highest BCUT2D eigenvalue weighted by molar-refractivity contribution is 7.92. The Balaban J connectivity index is 4.76. The Morgan fingerprint density at radius 1 is 1.50 bits per heavy atom. The Kier molecular flexibility index (Phi) is 5.84. The summed E-state index contributed by atoms with van der Waals surface area (Å²) < 4.78 is 29.7. The van der Waals surface area contributed by atoms with Crippen LogP contribution >= 0.6 is 12.2 Å². The normalized spacial score (nSPS) is 13.5. The summed E-state index contributed by atoms with van der Waals surface area (Å²) in [6.07, 6.45) is 0. The molecule has 0 saturated carbocycles. The van der Waals surface area contributed by atoms with Gasteiger partial charge in [-0.1, -0.05) is 26.1 Å². The van der Waals surface area contributed by atoms with Gasteiger partial charge in [0, 0.05) is 0 Å². The summed E-state index contributed by atoms with van der Waals surface area (Å²) in [5.74, 6) is -1.35. The highest BCUT2D eigenvalue weighted by Gasteiger charge is 2.28. The Labute approximate surface area is 101 Å². The lowest BCUT2D eigenvalue weighted by Crippen LogP contribution is -2.47. The number of nitrogens with two attached hydrogens (primary N) is 1. The minimum absolute atomic E-state index is 0.153. The van der Waals surface area contributed by atoms with Gasteiger partial charge in [-0.05, 0) is 5.92 Å². The first-order valence-corrected chi connectivity index (χ1v) is 6.61. The average molecular weight is 268 g/mol. The van der Waals surface area contributed by atoms with E-state index in [1.165, 1.54) is 7.11 Å². The second-order valence-electron chi connectivity index (χ2n) is 3.59. The number of hydrogen-bond donors (Lipinski definition) is 2. The van der Waals surface area contributed by atoms with E-state index in [4.69, 9.17) is 5.73 Å². The van der Waals surface area contributed by atoms with E-state index in [-0.39, 0.29) is 10.9 Å². The summed E-state index contributed by atoms with van der Waals surface area (Å²) in [5, 5.41) is 0. The lowest BCUT2D eigenvalue weighted by molar-refractivity contribution is -0.143. The molecule has 0 aromatic carbocycles. The summed E-state index contributed by atoms with van der Waals surface area (Å²) in [7, 11) is -2.50. The van der Waals surface area contributed by atoms with Crippen LogP contribution in [0.15, 0.2) is 0 Å². The van der Waals surface area contributed by atoms with E-state index in [1.807, 2.05) is 0 Å². The molecule has 0 aliphatic rings. The fraction of sp³-hybridized carbons (Fsp3) is 0.750. The van der Waals surface area contributed by atoms with Crippen LogP contribution in [0, 0.1) is 5.92 Å². The average Bonchev–Trinajstić information content (AvgIpc) is 2.10. The molecule has 0 radical (unpaired) electrons. The van der Waals surface area contributed by atoms with Gasteiger partial charge >= 0.3 is 5.97 Å². The number of hydrogen-bond acceptors (Lipinski definition) is 5. The van der Waals surface area contributed by atoms with Crippen molar-refractivity contribution < 1.29 is 17.9 Å². The third-order valence-electron chi connectivity index (χ3n) is 1.76. The van der Waals surface area contributed by atoms with Gasteiger partial charge in [0.05, 0.1) is 12.1 Å². The molecule has 8 heteroatoms. The van der Waals surface area contributed by atoms with Gasteiger partial charge in [0.25, 0.3) is 0 Å². The van der Waals surface area contributed by atoms with Gasteiger partial charge in [-0.3, -0.25) is 4.79 Å². The lowest BCUT2D eigenvalue weighted by atomic mass is 10.1. The fourth-order valence-corrected chi connectivity index (χ4v) is 2.68. The van der Waals surface area contributed by atoms with Gasteiger partial charge in [-0.2, -0.15) is 0 Å². The topological polar surface area (TPSA) is 98.5 Å². The number of methoxy groups -OCH3 is 1. The van der Waals surface area contributed by atoms with Crippen molar-refractivity contribution in [1.82, 2.24) is 4.72 Å². The Hall–Kier alpha value is -0.730. The van der Waals surface area contributed by atoms with Crippen molar-refractivity contribution in [2.75, 3.05) is 12.9 Å². The Morgan fingerprint density at radius 3 is 2.31 bits per heavy atom. The molecular weight excluding hydrogens is 252 g/mol. The van der Waals surface area contributed by atoms with Gasteiger partial charge in [0.15, 0.2) is 0 Å². The predicted molar refractivity (Wildman–Crippen MR) is 64.3 cm³/mol. The molecule has 0 bridgehead atoms. The third kappa shape index (κ3) is 5.38. The number of sulfonamides is 1. The third-order valence-corrected chi connectivity index (χ3v) is 3.39. The number of carbonyl (C=O) groups excluding carboxylic acids is 1. The quantitative estimate of drug-likeness (QED) is 0.492. The maximum absolute atomic E-state index is 11.5. The van der Waals surface area contributed by atoms with Crippen molar-refractivity contribution in [3.63, 3.8) is 0 Å². The van der Waals surface area contributed by atoms with Crippen LogP contribution in [-0.2, 0) is 19.6 Å². The van der Waals surface area contributed by atoms with Gasteiger partial charge < -0.3 is 10.5 Å². The molecule has 1 atom stereocenters. The number of esters is 1. The maximum atomic E-state index is 11.5. The number of thiocarbonyl (C=S) groups is 1. The van der Waals surface area contributed by atoms with E-state index in [0.717, 1.165) is 0 Å². The monoisotopic (exact) mass is 268 g/mol. The smallest absolute Gasteiger partial charge is 0.324 e. The second-order valence-corrected chi connectivity index (χ2v) is 5.87. The molecule has 3 N–H and O–H groups in total. The minimum Gasteiger partial charge on any atom is -0.468 e. The highest BCUT2D eigenvalue weighted by Crippen LogP contribution is 2.05. The van der Waals surface area contributed by atoms with Crippen LogP contribution in [0.1, 0.15) is 13.8 Å². The molecular formula is C8H16N2O4S2. The molecule has 0 spiro atoms. The number of ether oxygens (including phenoxy) is 1. The first kappa shape index (κ1) is 15.3. The second kappa shape index (κ2) is 6.12. The van der Waals surface area contributed by atoms with Crippen LogP contribution in [-0.4, -0.2) is 38.3 Å². The molecule has 0 aromatic rings. The largest absolute Gasteiger partial charge is 0.468 e. The SMILES string of the molecule is COC(=O)C(NS(=O)(=O)CC(N)=S)C(C)C. The van der Waals surface area contributed by atoms with Crippen molar-refractivity contribution in [3.8, 4) is 0 Å². The van der Waals surface area contributed by atoms with Crippen LogP contribution in [0.5, 0.6) is 0 Å². The molecule has 0 aromatic heterocycles. The number of nitrogens with one attached hydrogen (secondary N) is 1. The van der Waals surface area contributed by atoms with Crippen LogP contribution < -0.4 is 10.5 Å². The first-order chi connectivity index (χ1) is 7.19. The predicted octanol–water partition coefficient (Wildman–Crippen LogP) is -0.610. The van der Waals surface area contributed by atoms with Crippen molar-refractivity contribution in [3.05, 3.63) is 0 Å². The molecule has 0 heterocycles. The van der Waals surface area contributed by atoms with Crippen LogP contribution in [0.4, 0.5) is 0 Å². The van der Waals surface area contributed by atoms with Crippen molar-refractivity contribution in [1.29, 1.82) is 0 Å². The van der Waals surface area contributed by atoms with Crippen LogP contribution in [0.3, 0.4) is 0 Å². The Morgan fingerprint density at radius 2 is 2.00 bits per heavy atom. The van der Waals surface area contributed by atoms with Crippen molar-refractivity contribution >= 4 is 33.2 Å². The van der Waals surface area contributed by atoms with E-state index in [9.17, 15) is 13.2 Å². The van der Waals surface area contributed by atoms with Crippen molar-refractivity contribution in [2.45, 2.75) is 19.9 Å². The van der Waals surface area contributed by atoms with Gasteiger partial charge in [-0.25, -0.2) is 13.1 Å². The zero-order valence-electron chi connectivity index (χ0n) is 9.39. The molecule has 16 heavy (non-hydrogen) atoms. The summed E-state index contributed by atoms with van der Waals surface area (Å²) in [5.41, 5.74) is 5.14. The maximum Gasteiger partial charge on any atom is 0.324 e. The summed E-state index contributed by atoms with van der Waals surface area (Å²) in [4.78, 5) is 11.2. The van der Waals surface area contributed by atoms with Gasteiger partial charge in [-0.15, -0.1) is 0 Å². The zero-order valence-corrected chi connectivity index (χ0v) is 11.0. The Bertz CT molecular complexity index is 364. The van der Waals surface area contributed by atoms with E-state index >= 15 is 0 Å². The van der Waals surface area contributed by atoms with Crippen LogP contribution in [0.25, 0.3) is 0 Å². The zero-order chi connectivity index (χ0) is 12.9. The molecule has 6 nitrogen and oxygen atoms in total. The minimum atomic E-state index is -3.70. The van der Waals surface area contributed by atoms with Gasteiger partial charge in [0.2, 0.25) is 10.0 Å². The number of rotatable bonds is 6. The molecule has 0 aliphatic heterocycles. The van der Waals surface area contributed by atoms with Crippen LogP contribution in [0.2, 0.25) is 0 Å². The molecule has 0 saturated heterocycles. The summed E-state index contributed by atoms with van der Waals surface area (Å²) >= 11 is 4.50. The van der Waals surface area contributed by atoms with E-state index in [0.29, 0.717) is 0 Å². The molecule has 0 fully saturated rings. The van der Waals surface area contributed by atoms with E-state index < -0.39 is 27.8 Å². The lowest BCUT2D eigenvalue weighted by Gasteiger charge is -2.19. The van der Waals surface area contributed by atoms with Crippen molar-refractivity contribution in [2.24, 2.45) is 11.7 Å². The standard InChI is InChI=1S/C8H16N2O4S2/c1-5(2)7(8(11)14-3)10-16(12,13)4-6(9)15/h5,7,10H,4H2,1-3H3,(H2,9,15). The summed E-state index contributed by atoms with van der Waals surface area (Å²) in [6.45, 7) is 3.40. The van der Waals surface area contributed by atoms with Gasteiger partial charge in [0.1, 0.15) is 11.8 Å². The van der Waals surface area contributed by atoms with E-state index in [2.05, 4.69) is 21.7 Å². The fourth-order valence-electron chi connectivity index (χ4n) is 1.01. The molecule has 94 valence electrons. The van der Waals surface area contributed by atoms with E-state index in [1.54, 1.807) is 13.8 Å². The number of carbonyl (C=O) groups is 1. The molecule has 0 aliphatic carbocycles. The molecule has 0 amide bonds. The highest BCUT2D eigenvalue weighted by atomic mass is 32.2. The summed E-state index contributed by atoms with van der Waals surface area (Å²) in [6, 6.07) is -0.927. The molecule has 0 rings (SSSR count). The first-order valence-electron chi connectivity index (χ1n) is 4.55.